The van der Waals surface area contributed by atoms with E-state index in [1.54, 1.807) is 17.2 Å². The highest BCUT2D eigenvalue weighted by Gasteiger charge is 2.29. The van der Waals surface area contributed by atoms with Gasteiger partial charge in [0.1, 0.15) is 11.8 Å². The molecule has 0 fully saturated rings. The lowest BCUT2D eigenvalue weighted by Gasteiger charge is -2.31. The number of furan rings is 1. The van der Waals surface area contributed by atoms with Gasteiger partial charge in [-0.05, 0) is 23.3 Å². The van der Waals surface area contributed by atoms with Gasteiger partial charge >= 0.3 is 0 Å². The van der Waals surface area contributed by atoms with E-state index in [9.17, 15) is 9.59 Å². The van der Waals surface area contributed by atoms with Crippen molar-refractivity contribution in [3.63, 3.8) is 0 Å². The summed E-state index contributed by atoms with van der Waals surface area (Å²) in [6.45, 7) is 2.50. The number of benzene rings is 2. The van der Waals surface area contributed by atoms with Crippen molar-refractivity contribution in [1.29, 1.82) is 0 Å². The molecule has 5 heteroatoms. The molecule has 0 aliphatic carbocycles. The van der Waals surface area contributed by atoms with E-state index < -0.39 is 6.04 Å². The van der Waals surface area contributed by atoms with Gasteiger partial charge < -0.3 is 14.6 Å². The van der Waals surface area contributed by atoms with Gasteiger partial charge in [-0.25, -0.2) is 0 Å². The lowest BCUT2D eigenvalue weighted by atomic mass is 10.0. The maximum Gasteiger partial charge on any atom is 0.243 e. The van der Waals surface area contributed by atoms with Gasteiger partial charge in [-0.1, -0.05) is 67.6 Å². The highest BCUT2D eigenvalue weighted by atomic mass is 16.3. The third-order valence-electron chi connectivity index (χ3n) is 4.79. The molecule has 150 valence electrons. The fraction of sp³-hybridized carbons (Fsp3) is 0.250. The number of hydrogen-bond acceptors (Lipinski definition) is 3. The Balaban J connectivity index is 1.84. The van der Waals surface area contributed by atoms with Crippen molar-refractivity contribution in [2.45, 2.75) is 38.9 Å². The Morgan fingerprint density at radius 3 is 2.17 bits per heavy atom. The Morgan fingerprint density at radius 1 is 0.931 bits per heavy atom. The minimum absolute atomic E-state index is 0.0528. The maximum atomic E-state index is 13.1. The molecule has 29 heavy (non-hydrogen) atoms. The third-order valence-corrected chi connectivity index (χ3v) is 4.79. The molecule has 0 bridgehead atoms. The van der Waals surface area contributed by atoms with Gasteiger partial charge in [0.15, 0.2) is 0 Å². The summed E-state index contributed by atoms with van der Waals surface area (Å²) in [7, 11) is 0. The SMILES string of the molecule is CCC(=O)N(Cc1ccccc1)[C@@H](Cc1ccccc1)C(=O)NCc1ccco1. The molecule has 5 nitrogen and oxygen atoms in total. The molecule has 2 amide bonds. The van der Waals surface area contributed by atoms with E-state index in [1.165, 1.54) is 0 Å². The molecule has 1 N–H and O–H groups in total. The van der Waals surface area contributed by atoms with Crippen molar-refractivity contribution in [1.82, 2.24) is 10.2 Å². The van der Waals surface area contributed by atoms with Gasteiger partial charge in [0.25, 0.3) is 0 Å². The number of carbonyl (C=O) groups excluding carboxylic acids is 2. The van der Waals surface area contributed by atoms with Crippen LogP contribution in [0.25, 0.3) is 0 Å². The molecule has 0 spiro atoms. The number of rotatable bonds is 9. The average Bonchev–Trinajstić information content (AvgIpc) is 3.29. The minimum atomic E-state index is -0.611. The van der Waals surface area contributed by atoms with Crippen molar-refractivity contribution in [2.75, 3.05) is 0 Å². The summed E-state index contributed by atoms with van der Waals surface area (Å²) in [4.78, 5) is 27.6. The number of nitrogens with one attached hydrogen (secondary N) is 1. The smallest absolute Gasteiger partial charge is 0.243 e. The van der Waals surface area contributed by atoms with E-state index in [4.69, 9.17) is 4.42 Å². The van der Waals surface area contributed by atoms with Crippen LogP contribution in [-0.2, 0) is 29.1 Å². The van der Waals surface area contributed by atoms with Crippen LogP contribution in [0.15, 0.2) is 83.5 Å². The number of amides is 2. The molecule has 0 aliphatic rings. The molecule has 0 aliphatic heterocycles. The maximum absolute atomic E-state index is 13.1. The van der Waals surface area contributed by atoms with Gasteiger partial charge in [-0.2, -0.15) is 0 Å². The second-order valence-corrected chi connectivity index (χ2v) is 6.86. The Labute approximate surface area is 171 Å². The lowest BCUT2D eigenvalue weighted by molar-refractivity contribution is -0.141. The van der Waals surface area contributed by atoms with Gasteiger partial charge in [0.2, 0.25) is 11.8 Å². The number of nitrogens with zero attached hydrogens (tertiary/aromatic N) is 1. The molecule has 0 saturated carbocycles. The number of hydrogen-bond donors (Lipinski definition) is 1. The zero-order valence-corrected chi connectivity index (χ0v) is 16.6. The summed E-state index contributed by atoms with van der Waals surface area (Å²) >= 11 is 0. The molecule has 0 unspecified atom stereocenters. The highest BCUT2D eigenvalue weighted by Crippen LogP contribution is 2.16. The van der Waals surface area contributed by atoms with Crippen molar-refractivity contribution < 1.29 is 14.0 Å². The Morgan fingerprint density at radius 2 is 1.59 bits per heavy atom. The molecule has 1 heterocycles. The Hall–Kier alpha value is -3.34. The molecule has 3 rings (SSSR count). The standard InChI is InChI=1S/C24H26N2O3/c1-2-23(27)26(18-20-12-7-4-8-13-20)22(16-19-10-5-3-6-11-19)24(28)25-17-21-14-9-15-29-21/h3-15,22H,2,16-18H2,1H3,(H,25,28)/t22-/m0/s1. The van der Waals surface area contributed by atoms with E-state index in [-0.39, 0.29) is 18.4 Å². The first-order chi connectivity index (χ1) is 14.2. The van der Waals surface area contributed by atoms with E-state index in [0.29, 0.717) is 25.1 Å². The minimum Gasteiger partial charge on any atom is -0.467 e. The zero-order chi connectivity index (χ0) is 20.5. The quantitative estimate of drug-likeness (QED) is 0.602. The fourth-order valence-corrected chi connectivity index (χ4v) is 3.24. The van der Waals surface area contributed by atoms with Gasteiger partial charge in [-0.3, -0.25) is 9.59 Å². The normalized spacial score (nSPS) is 11.6. The summed E-state index contributed by atoms with van der Waals surface area (Å²) in [5.74, 6) is 0.430. The van der Waals surface area contributed by atoms with Crippen LogP contribution in [0.5, 0.6) is 0 Å². The lowest BCUT2D eigenvalue weighted by Crippen LogP contribution is -2.50. The molecule has 1 aromatic heterocycles. The van der Waals surface area contributed by atoms with Crippen molar-refractivity contribution in [2.24, 2.45) is 0 Å². The van der Waals surface area contributed by atoms with Crippen LogP contribution in [0.1, 0.15) is 30.2 Å². The van der Waals surface area contributed by atoms with E-state index in [1.807, 2.05) is 73.7 Å². The first-order valence-electron chi connectivity index (χ1n) is 9.84. The topological polar surface area (TPSA) is 62.6 Å². The van der Waals surface area contributed by atoms with Crippen LogP contribution < -0.4 is 5.32 Å². The van der Waals surface area contributed by atoms with Crippen molar-refractivity contribution >= 4 is 11.8 Å². The molecule has 2 aromatic carbocycles. The highest BCUT2D eigenvalue weighted by molar-refractivity contribution is 5.87. The molecule has 3 aromatic rings. The van der Waals surface area contributed by atoms with Crippen LogP contribution in [0.3, 0.4) is 0 Å². The van der Waals surface area contributed by atoms with Gasteiger partial charge in [-0.15, -0.1) is 0 Å². The summed E-state index contributed by atoms with van der Waals surface area (Å²) in [5, 5.41) is 2.92. The van der Waals surface area contributed by atoms with Crippen LogP contribution in [-0.4, -0.2) is 22.8 Å². The van der Waals surface area contributed by atoms with Crippen LogP contribution >= 0.6 is 0 Å². The summed E-state index contributed by atoms with van der Waals surface area (Å²) < 4.78 is 5.31. The van der Waals surface area contributed by atoms with Crippen LogP contribution in [0, 0.1) is 0 Å². The third kappa shape index (κ3) is 5.82. The van der Waals surface area contributed by atoms with Gasteiger partial charge in [0.05, 0.1) is 12.8 Å². The van der Waals surface area contributed by atoms with Crippen LogP contribution in [0.4, 0.5) is 0 Å². The predicted molar refractivity (Wildman–Crippen MR) is 112 cm³/mol. The summed E-state index contributed by atoms with van der Waals surface area (Å²) in [5.41, 5.74) is 2.00. The Kier molecular flexibility index (Phi) is 7.22. The Bertz CT molecular complexity index is 892. The molecule has 0 saturated heterocycles. The van der Waals surface area contributed by atoms with Crippen LogP contribution in [0.2, 0.25) is 0 Å². The van der Waals surface area contributed by atoms with E-state index in [0.717, 1.165) is 11.1 Å². The monoisotopic (exact) mass is 390 g/mol. The van der Waals surface area contributed by atoms with E-state index in [2.05, 4.69) is 5.32 Å². The zero-order valence-electron chi connectivity index (χ0n) is 16.6. The molecule has 1 atom stereocenters. The van der Waals surface area contributed by atoms with Crippen molar-refractivity contribution in [3.05, 3.63) is 95.9 Å². The molecular weight excluding hydrogens is 364 g/mol. The second-order valence-electron chi connectivity index (χ2n) is 6.86. The number of carbonyl (C=O) groups is 2. The molecule has 0 radical (unpaired) electrons. The second kappa shape index (κ2) is 10.3. The molecular formula is C24H26N2O3. The van der Waals surface area contributed by atoms with E-state index >= 15 is 0 Å². The summed E-state index contributed by atoms with van der Waals surface area (Å²) in [6.07, 6.45) is 2.36. The first-order valence-corrected chi connectivity index (χ1v) is 9.84. The first kappa shape index (κ1) is 20.4. The van der Waals surface area contributed by atoms with Gasteiger partial charge in [0, 0.05) is 19.4 Å². The largest absolute Gasteiger partial charge is 0.467 e. The fourth-order valence-electron chi connectivity index (χ4n) is 3.24. The van der Waals surface area contributed by atoms with Crippen molar-refractivity contribution in [3.8, 4) is 0 Å². The predicted octanol–water partition coefficient (Wildman–Crippen LogP) is 3.95. The summed E-state index contributed by atoms with van der Waals surface area (Å²) in [6, 6.07) is 22.5. The average molecular weight is 390 g/mol.